The first-order chi connectivity index (χ1) is 6.19. The highest BCUT2D eigenvalue weighted by Crippen LogP contribution is 2.19. The van der Waals surface area contributed by atoms with Crippen LogP contribution in [-0.4, -0.2) is 42.2 Å². The van der Waals surface area contributed by atoms with Gasteiger partial charge in [-0.05, 0) is 0 Å². The number of nitrogens with one attached hydrogen (secondary N) is 1. The normalized spacial score (nSPS) is 15.6. The monoisotopic (exact) mass is 215 g/mol. The Morgan fingerprint density at radius 1 is 1.29 bits per heavy atom. The van der Waals surface area contributed by atoms with Crippen molar-refractivity contribution in [2.24, 2.45) is 5.41 Å². The van der Waals surface area contributed by atoms with Gasteiger partial charge in [0.05, 0.1) is 0 Å². The van der Waals surface area contributed by atoms with Gasteiger partial charge in [0.15, 0.2) is 6.10 Å². The highest BCUT2D eigenvalue weighted by molar-refractivity contribution is 4.73. The molecule has 14 heavy (non-hydrogen) atoms. The molecule has 3 nitrogen and oxygen atoms in total. The quantitative estimate of drug-likeness (QED) is 0.626. The lowest BCUT2D eigenvalue weighted by atomic mass is 9.95. The standard InChI is InChI=1S/C8H16F3NO2/c1-7(2,5-13)4-12-3-6(14)8(9,10)11/h6,12-14H,3-5H2,1-2H3. The highest BCUT2D eigenvalue weighted by atomic mass is 19.4. The second kappa shape index (κ2) is 4.95. The van der Waals surface area contributed by atoms with E-state index in [0.29, 0.717) is 0 Å². The summed E-state index contributed by atoms with van der Waals surface area (Å²) in [6.45, 7) is 2.96. The number of hydrogen-bond acceptors (Lipinski definition) is 3. The van der Waals surface area contributed by atoms with Crippen LogP contribution in [0.25, 0.3) is 0 Å². The van der Waals surface area contributed by atoms with Crippen LogP contribution in [0.1, 0.15) is 13.8 Å². The molecule has 3 N–H and O–H groups in total. The van der Waals surface area contributed by atoms with Crippen LogP contribution in [-0.2, 0) is 0 Å². The van der Waals surface area contributed by atoms with E-state index in [1.807, 2.05) is 0 Å². The number of aliphatic hydroxyl groups is 2. The van der Waals surface area contributed by atoms with Gasteiger partial charge in [0, 0.05) is 25.1 Å². The van der Waals surface area contributed by atoms with Crippen LogP contribution in [0.3, 0.4) is 0 Å². The number of halogens is 3. The summed E-state index contributed by atoms with van der Waals surface area (Å²) < 4.78 is 35.4. The molecule has 6 heteroatoms. The zero-order valence-corrected chi connectivity index (χ0v) is 8.23. The molecule has 1 atom stereocenters. The van der Waals surface area contributed by atoms with Gasteiger partial charge < -0.3 is 15.5 Å². The molecule has 0 rings (SSSR count). The van der Waals surface area contributed by atoms with E-state index in [2.05, 4.69) is 5.32 Å². The topological polar surface area (TPSA) is 52.5 Å². The van der Waals surface area contributed by atoms with Gasteiger partial charge in [-0.1, -0.05) is 13.8 Å². The summed E-state index contributed by atoms with van der Waals surface area (Å²) >= 11 is 0. The van der Waals surface area contributed by atoms with Crippen molar-refractivity contribution in [3.63, 3.8) is 0 Å². The first-order valence-electron chi connectivity index (χ1n) is 4.25. The van der Waals surface area contributed by atoms with Crippen molar-refractivity contribution >= 4 is 0 Å². The van der Waals surface area contributed by atoms with E-state index >= 15 is 0 Å². The lowest BCUT2D eigenvalue weighted by Gasteiger charge is -2.23. The summed E-state index contributed by atoms with van der Waals surface area (Å²) in [6.07, 6.45) is -6.94. The molecular weight excluding hydrogens is 199 g/mol. The van der Waals surface area contributed by atoms with Crippen LogP contribution in [0.2, 0.25) is 0 Å². The first-order valence-corrected chi connectivity index (χ1v) is 4.25. The van der Waals surface area contributed by atoms with Crippen LogP contribution < -0.4 is 5.32 Å². The van der Waals surface area contributed by atoms with Gasteiger partial charge in [-0.2, -0.15) is 13.2 Å². The maximum absolute atomic E-state index is 11.8. The van der Waals surface area contributed by atoms with E-state index in [1.54, 1.807) is 13.8 Å². The third-order valence-electron chi connectivity index (χ3n) is 1.75. The first kappa shape index (κ1) is 13.7. The molecule has 0 aromatic carbocycles. The molecular formula is C8H16F3NO2. The van der Waals surface area contributed by atoms with E-state index in [-0.39, 0.29) is 13.2 Å². The Morgan fingerprint density at radius 2 is 1.79 bits per heavy atom. The number of alkyl halides is 3. The minimum atomic E-state index is -4.59. The highest BCUT2D eigenvalue weighted by Gasteiger charge is 2.37. The fourth-order valence-electron chi connectivity index (χ4n) is 0.719. The van der Waals surface area contributed by atoms with Crippen LogP contribution >= 0.6 is 0 Å². The summed E-state index contributed by atoms with van der Waals surface area (Å²) in [6, 6.07) is 0. The van der Waals surface area contributed by atoms with E-state index < -0.39 is 24.2 Å². The van der Waals surface area contributed by atoms with E-state index in [0.717, 1.165) is 0 Å². The lowest BCUT2D eigenvalue weighted by molar-refractivity contribution is -0.202. The predicted octanol–water partition coefficient (Wildman–Crippen LogP) is 0.518. The number of hydrogen-bond donors (Lipinski definition) is 3. The molecule has 0 aliphatic rings. The molecule has 0 amide bonds. The molecule has 0 fully saturated rings. The Kier molecular flexibility index (Phi) is 4.83. The van der Waals surface area contributed by atoms with Crippen molar-refractivity contribution in [3.05, 3.63) is 0 Å². The third-order valence-corrected chi connectivity index (χ3v) is 1.75. The molecule has 0 aliphatic heterocycles. The Bertz CT molecular complexity index is 170. The van der Waals surface area contributed by atoms with Gasteiger partial charge in [0.2, 0.25) is 0 Å². The largest absolute Gasteiger partial charge is 0.415 e. The molecule has 0 aromatic rings. The molecule has 0 aromatic heterocycles. The molecule has 86 valence electrons. The summed E-state index contributed by atoms with van der Waals surface area (Å²) in [5, 5.41) is 19.9. The van der Waals surface area contributed by atoms with Gasteiger partial charge in [0.1, 0.15) is 0 Å². The van der Waals surface area contributed by atoms with Gasteiger partial charge in [0.25, 0.3) is 0 Å². The van der Waals surface area contributed by atoms with Crippen molar-refractivity contribution in [3.8, 4) is 0 Å². The fraction of sp³-hybridized carbons (Fsp3) is 1.00. The lowest BCUT2D eigenvalue weighted by Crippen LogP contribution is -2.42. The van der Waals surface area contributed by atoms with Crippen LogP contribution in [0.4, 0.5) is 13.2 Å². The van der Waals surface area contributed by atoms with E-state index in [4.69, 9.17) is 10.2 Å². The minimum Gasteiger partial charge on any atom is -0.396 e. The molecule has 1 unspecified atom stereocenters. The summed E-state index contributed by atoms with van der Waals surface area (Å²) in [7, 11) is 0. The van der Waals surface area contributed by atoms with Gasteiger partial charge in [-0.3, -0.25) is 0 Å². The molecule has 0 bridgehead atoms. The second-order valence-corrected chi connectivity index (χ2v) is 4.01. The molecule has 0 spiro atoms. The van der Waals surface area contributed by atoms with Crippen molar-refractivity contribution in [2.75, 3.05) is 19.7 Å². The van der Waals surface area contributed by atoms with Gasteiger partial charge in [-0.25, -0.2) is 0 Å². The Hall–Kier alpha value is -0.330. The molecule has 0 saturated heterocycles. The van der Waals surface area contributed by atoms with Gasteiger partial charge >= 0.3 is 6.18 Å². The van der Waals surface area contributed by atoms with Crippen LogP contribution in [0.15, 0.2) is 0 Å². The molecule has 0 radical (unpaired) electrons. The van der Waals surface area contributed by atoms with E-state index in [9.17, 15) is 13.2 Å². The van der Waals surface area contributed by atoms with Crippen LogP contribution in [0, 0.1) is 5.41 Å². The van der Waals surface area contributed by atoms with Gasteiger partial charge in [-0.15, -0.1) is 0 Å². The SMILES string of the molecule is CC(C)(CO)CNCC(O)C(F)(F)F. The van der Waals surface area contributed by atoms with E-state index in [1.165, 1.54) is 0 Å². The maximum Gasteiger partial charge on any atom is 0.415 e. The fourth-order valence-corrected chi connectivity index (χ4v) is 0.719. The van der Waals surface area contributed by atoms with Crippen molar-refractivity contribution < 1.29 is 23.4 Å². The summed E-state index contributed by atoms with van der Waals surface area (Å²) in [5.41, 5.74) is -0.481. The summed E-state index contributed by atoms with van der Waals surface area (Å²) in [4.78, 5) is 0. The number of aliphatic hydroxyl groups excluding tert-OH is 2. The van der Waals surface area contributed by atoms with Crippen LogP contribution in [0.5, 0.6) is 0 Å². The van der Waals surface area contributed by atoms with Crippen molar-refractivity contribution in [2.45, 2.75) is 26.1 Å². The summed E-state index contributed by atoms with van der Waals surface area (Å²) in [5.74, 6) is 0. The molecule has 0 heterocycles. The zero-order chi connectivity index (χ0) is 11.4. The van der Waals surface area contributed by atoms with Crippen molar-refractivity contribution in [1.29, 1.82) is 0 Å². The Morgan fingerprint density at radius 3 is 2.14 bits per heavy atom. The minimum absolute atomic E-state index is 0.123. The molecule has 0 aliphatic carbocycles. The third kappa shape index (κ3) is 5.41. The van der Waals surface area contributed by atoms with Crippen molar-refractivity contribution in [1.82, 2.24) is 5.32 Å². The molecule has 0 saturated carbocycles. The predicted molar refractivity (Wildman–Crippen MR) is 45.8 cm³/mol. The maximum atomic E-state index is 11.8. The average molecular weight is 215 g/mol. The average Bonchev–Trinajstić information content (AvgIpc) is 2.02. The second-order valence-electron chi connectivity index (χ2n) is 4.01. The number of rotatable bonds is 5. The smallest absolute Gasteiger partial charge is 0.396 e. The Balaban J connectivity index is 3.75. The Labute approximate surface area is 80.9 Å². The zero-order valence-electron chi connectivity index (χ0n) is 8.23.